The van der Waals surface area contributed by atoms with Gasteiger partial charge in [0.25, 0.3) is 0 Å². The number of nitro groups is 1. The van der Waals surface area contributed by atoms with Crippen molar-refractivity contribution < 1.29 is 4.92 Å². The lowest BCUT2D eigenvalue weighted by Crippen LogP contribution is -1.92. The van der Waals surface area contributed by atoms with Gasteiger partial charge in [-0.3, -0.25) is 10.1 Å². The maximum Gasteiger partial charge on any atom is 0.239 e. The van der Waals surface area contributed by atoms with Crippen LogP contribution in [0.4, 0.5) is 0 Å². The Morgan fingerprint density at radius 2 is 2.18 bits per heavy atom. The average molecular weight is 157 g/mol. The van der Waals surface area contributed by atoms with Crippen molar-refractivity contribution in [2.75, 3.05) is 0 Å². The summed E-state index contributed by atoms with van der Waals surface area (Å²) >= 11 is 0. The average Bonchev–Trinajstić information content (AvgIpc) is 1.97. The molecule has 0 aliphatic heterocycles. The van der Waals surface area contributed by atoms with Crippen molar-refractivity contribution >= 4 is 0 Å². The second-order valence-corrected chi connectivity index (χ2v) is 2.60. The maximum atomic E-state index is 10.1. The van der Waals surface area contributed by atoms with Gasteiger partial charge in [-0.15, -0.1) is 0 Å². The van der Waals surface area contributed by atoms with Crippen LogP contribution in [0.15, 0.2) is 11.8 Å². The van der Waals surface area contributed by atoms with E-state index in [1.54, 1.807) is 6.08 Å². The Morgan fingerprint density at radius 3 is 2.64 bits per heavy atom. The number of unbranched alkanes of at least 4 members (excludes halogenated alkanes) is 3. The topological polar surface area (TPSA) is 43.1 Å². The summed E-state index contributed by atoms with van der Waals surface area (Å²) in [7, 11) is 0. The van der Waals surface area contributed by atoms with E-state index in [9.17, 15) is 10.1 Å². The highest BCUT2D eigenvalue weighted by molar-refractivity contribution is 4.86. The first kappa shape index (κ1) is 10.1. The van der Waals surface area contributed by atoms with Crippen LogP contribution in [0, 0.1) is 10.1 Å². The van der Waals surface area contributed by atoms with Crippen molar-refractivity contribution in [2.24, 2.45) is 0 Å². The summed E-state index contributed by atoms with van der Waals surface area (Å²) in [5.41, 5.74) is 0.265. The molecule has 0 fully saturated rings. The zero-order chi connectivity index (χ0) is 8.69. The van der Waals surface area contributed by atoms with E-state index in [4.69, 9.17) is 0 Å². The Hall–Kier alpha value is -0.860. The van der Waals surface area contributed by atoms with Crippen LogP contribution in [0.5, 0.6) is 0 Å². The van der Waals surface area contributed by atoms with Crippen LogP contribution in [-0.2, 0) is 0 Å². The van der Waals surface area contributed by atoms with Gasteiger partial charge in [0.05, 0.1) is 4.92 Å². The van der Waals surface area contributed by atoms with E-state index in [-0.39, 0.29) is 10.6 Å². The number of nitrogens with zero attached hydrogens (tertiary/aromatic N) is 1. The highest BCUT2D eigenvalue weighted by atomic mass is 16.6. The first-order chi connectivity index (χ1) is 5.18. The van der Waals surface area contributed by atoms with Crippen LogP contribution in [0.25, 0.3) is 0 Å². The number of hydrogen-bond acceptors (Lipinski definition) is 2. The minimum absolute atomic E-state index is 0.265. The predicted molar refractivity (Wildman–Crippen MR) is 44.9 cm³/mol. The Labute approximate surface area is 67.3 Å². The van der Waals surface area contributed by atoms with Crippen molar-refractivity contribution in [2.45, 2.75) is 39.5 Å². The van der Waals surface area contributed by atoms with Gasteiger partial charge in [-0.05, 0) is 18.9 Å². The predicted octanol–water partition coefficient (Wildman–Crippen LogP) is 2.75. The SMILES string of the molecule is CCCCC/C=C(/C)[N+](=O)[O-]. The third-order valence-electron chi connectivity index (χ3n) is 1.54. The Balaban J connectivity index is 3.48. The highest BCUT2D eigenvalue weighted by Crippen LogP contribution is 2.03. The quantitative estimate of drug-likeness (QED) is 0.350. The van der Waals surface area contributed by atoms with E-state index in [2.05, 4.69) is 6.92 Å². The summed E-state index contributed by atoms with van der Waals surface area (Å²) in [6.07, 6.45) is 5.89. The Bertz CT molecular complexity index is 152. The van der Waals surface area contributed by atoms with Gasteiger partial charge >= 0.3 is 0 Å². The van der Waals surface area contributed by atoms with Gasteiger partial charge in [-0.1, -0.05) is 19.8 Å². The maximum absolute atomic E-state index is 10.1. The fourth-order valence-electron chi connectivity index (χ4n) is 0.780. The standard InChI is InChI=1S/C8H15NO2/c1-3-4-5-6-7-8(2)9(10)11/h7H,3-6H2,1-2H3/b8-7-. The van der Waals surface area contributed by atoms with Crippen LogP contribution in [0.3, 0.4) is 0 Å². The molecule has 0 atom stereocenters. The first-order valence-corrected chi connectivity index (χ1v) is 3.99. The molecule has 0 saturated carbocycles. The van der Waals surface area contributed by atoms with Crippen LogP contribution < -0.4 is 0 Å². The monoisotopic (exact) mass is 157 g/mol. The van der Waals surface area contributed by atoms with Gasteiger partial charge in [0.15, 0.2) is 0 Å². The third-order valence-corrected chi connectivity index (χ3v) is 1.54. The van der Waals surface area contributed by atoms with Gasteiger partial charge in [-0.25, -0.2) is 0 Å². The molecule has 11 heavy (non-hydrogen) atoms. The molecule has 0 rings (SSSR count). The van der Waals surface area contributed by atoms with Crippen LogP contribution in [0.1, 0.15) is 39.5 Å². The first-order valence-electron chi connectivity index (χ1n) is 3.99. The lowest BCUT2D eigenvalue weighted by Gasteiger charge is -1.91. The molecule has 0 saturated heterocycles. The van der Waals surface area contributed by atoms with Crippen LogP contribution in [-0.4, -0.2) is 4.92 Å². The molecule has 3 nitrogen and oxygen atoms in total. The number of rotatable bonds is 5. The summed E-state index contributed by atoms with van der Waals surface area (Å²) < 4.78 is 0. The molecule has 0 aliphatic carbocycles. The molecule has 0 heterocycles. The summed E-state index contributed by atoms with van der Waals surface area (Å²) in [6.45, 7) is 3.65. The summed E-state index contributed by atoms with van der Waals surface area (Å²) in [6, 6.07) is 0. The molecule has 0 aliphatic rings. The molecule has 0 aromatic heterocycles. The molecule has 0 radical (unpaired) electrons. The minimum atomic E-state index is -0.341. The summed E-state index contributed by atoms with van der Waals surface area (Å²) in [5, 5.41) is 10.1. The van der Waals surface area contributed by atoms with Crippen molar-refractivity contribution in [3.05, 3.63) is 21.9 Å². The molecule has 0 aromatic rings. The minimum Gasteiger partial charge on any atom is -0.259 e. The molecule has 0 unspecified atom stereocenters. The van der Waals surface area contributed by atoms with E-state index < -0.39 is 0 Å². The smallest absolute Gasteiger partial charge is 0.239 e. The van der Waals surface area contributed by atoms with E-state index in [0.717, 1.165) is 25.7 Å². The molecule has 0 aromatic carbocycles. The summed E-state index contributed by atoms with van der Waals surface area (Å²) in [4.78, 5) is 9.76. The molecular weight excluding hydrogens is 142 g/mol. The van der Waals surface area contributed by atoms with Crippen molar-refractivity contribution in [1.29, 1.82) is 0 Å². The fraction of sp³-hybridized carbons (Fsp3) is 0.750. The number of hydrogen-bond donors (Lipinski definition) is 0. The van der Waals surface area contributed by atoms with Gasteiger partial charge < -0.3 is 0 Å². The van der Waals surface area contributed by atoms with Crippen molar-refractivity contribution in [3.8, 4) is 0 Å². The molecule has 64 valence electrons. The van der Waals surface area contributed by atoms with Gasteiger partial charge in [0, 0.05) is 6.92 Å². The van der Waals surface area contributed by atoms with Crippen LogP contribution >= 0.6 is 0 Å². The second-order valence-electron chi connectivity index (χ2n) is 2.60. The van der Waals surface area contributed by atoms with E-state index in [1.807, 2.05) is 0 Å². The fourth-order valence-corrected chi connectivity index (χ4v) is 0.780. The van der Waals surface area contributed by atoms with Gasteiger partial charge in [0.1, 0.15) is 0 Å². The lowest BCUT2D eigenvalue weighted by molar-refractivity contribution is -0.424. The molecule has 0 bridgehead atoms. The molecule has 0 N–H and O–H groups in total. The van der Waals surface area contributed by atoms with E-state index >= 15 is 0 Å². The molecular formula is C8H15NO2. The van der Waals surface area contributed by atoms with Crippen LogP contribution in [0.2, 0.25) is 0 Å². The van der Waals surface area contributed by atoms with Crippen molar-refractivity contribution in [1.82, 2.24) is 0 Å². The second kappa shape index (κ2) is 5.89. The third kappa shape index (κ3) is 5.58. The molecule has 0 spiro atoms. The van der Waals surface area contributed by atoms with Gasteiger partial charge in [0.2, 0.25) is 5.70 Å². The zero-order valence-electron chi connectivity index (χ0n) is 7.17. The molecule has 3 heteroatoms. The largest absolute Gasteiger partial charge is 0.259 e. The van der Waals surface area contributed by atoms with E-state index in [1.165, 1.54) is 6.92 Å². The Morgan fingerprint density at radius 1 is 1.55 bits per heavy atom. The van der Waals surface area contributed by atoms with Crippen molar-refractivity contribution in [3.63, 3.8) is 0 Å². The lowest BCUT2D eigenvalue weighted by atomic mass is 10.2. The van der Waals surface area contributed by atoms with E-state index in [0.29, 0.717) is 0 Å². The normalized spacial score (nSPS) is 11.6. The highest BCUT2D eigenvalue weighted by Gasteiger charge is 1.98. The molecule has 0 amide bonds. The Kier molecular flexibility index (Phi) is 5.43. The zero-order valence-corrected chi connectivity index (χ0v) is 7.17. The number of allylic oxidation sites excluding steroid dienone is 2. The van der Waals surface area contributed by atoms with Gasteiger partial charge in [-0.2, -0.15) is 0 Å². The summed E-state index contributed by atoms with van der Waals surface area (Å²) in [5.74, 6) is 0.